The van der Waals surface area contributed by atoms with Crippen LogP contribution < -0.4 is 15.0 Å². The van der Waals surface area contributed by atoms with E-state index < -0.39 is 6.04 Å². The van der Waals surface area contributed by atoms with E-state index in [9.17, 15) is 4.79 Å². The summed E-state index contributed by atoms with van der Waals surface area (Å²) in [6, 6.07) is 5.49. The van der Waals surface area contributed by atoms with Gasteiger partial charge < -0.3 is 24.4 Å². The maximum atomic E-state index is 11.6. The Morgan fingerprint density at radius 2 is 2.13 bits per heavy atom. The summed E-state index contributed by atoms with van der Waals surface area (Å²) >= 11 is 0. The van der Waals surface area contributed by atoms with Gasteiger partial charge in [-0.1, -0.05) is 0 Å². The molecule has 0 radical (unpaired) electrons. The van der Waals surface area contributed by atoms with Crippen LogP contribution in [-0.2, 0) is 14.3 Å². The van der Waals surface area contributed by atoms with Crippen molar-refractivity contribution in [3.63, 3.8) is 0 Å². The van der Waals surface area contributed by atoms with Crippen molar-refractivity contribution in [1.29, 1.82) is 0 Å². The molecule has 1 heterocycles. The van der Waals surface area contributed by atoms with Crippen LogP contribution in [0.15, 0.2) is 18.2 Å². The SMILES string of the molecule is COC(=O)C(C)Nc1ccc(N2CCOC(C)(C)C2)cc1OC. The maximum Gasteiger partial charge on any atom is 0.327 e. The highest BCUT2D eigenvalue weighted by Crippen LogP contribution is 2.32. The highest BCUT2D eigenvalue weighted by molar-refractivity contribution is 5.80. The van der Waals surface area contributed by atoms with Crippen LogP contribution in [0, 0.1) is 0 Å². The van der Waals surface area contributed by atoms with E-state index in [0.29, 0.717) is 12.4 Å². The molecule has 1 unspecified atom stereocenters. The van der Waals surface area contributed by atoms with Crippen molar-refractivity contribution < 1.29 is 19.0 Å². The van der Waals surface area contributed by atoms with E-state index in [-0.39, 0.29) is 11.6 Å². The number of hydrogen-bond acceptors (Lipinski definition) is 6. The third-order valence-corrected chi connectivity index (χ3v) is 3.90. The molecule has 1 fully saturated rings. The van der Waals surface area contributed by atoms with Gasteiger partial charge in [0.15, 0.2) is 0 Å². The van der Waals surface area contributed by atoms with Gasteiger partial charge in [-0.3, -0.25) is 0 Å². The zero-order valence-corrected chi connectivity index (χ0v) is 14.5. The number of rotatable bonds is 5. The molecule has 1 aromatic carbocycles. The smallest absolute Gasteiger partial charge is 0.327 e. The number of nitrogens with one attached hydrogen (secondary N) is 1. The molecule has 23 heavy (non-hydrogen) atoms. The number of carbonyl (C=O) groups is 1. The summed E-state index contributed by atoms with van der Waals surface area (Å²) in [7, 11) is 3.00. The van der Waals surface area contributed by atoms with Gasteiger partial charge in [0, 0.05) is 24.8 Å². The van der Waals surface area contributed by atoms with Crippen LogP contribution in [0.1, 0.15) is 20.8 Å². The van der Waals surface area contributed by atoms with Gasteiger partial charge in [0.1, 0.15) is 11.8 Å². The maximum absolute atomic E-state index is 11.6. The number of methoxy groups -OCH3 is 2. The van der Waals surface area contributed by atoms with Gasteiger partial charge in [-0.2, -0.15) is 0 Å². The normalized spacial score (nSPS) is 18.2. The van der Waals surface area contributed by atoms with Crippen LogP contribution in [-0.4, -0.2) is 51.5 Å². The van der Waals surface area contributed by atoms with Gasteiger partial charge in [0.05, 0.1) is 32.1 Å². The molecule has 6 nitrogen and oxygen atoms in total. The summed E-state index contributed by atoms with van der Waals surface area (Å²) in [5, 5.41) is 3.12. The Kier molecular flexibility index (Phi) is 5.36. The fraction of sp³-hybridized carbons (Fsp3) is 0.588. The average molecular weight is 322 g/mol. The van der Waals surface area contributed by atoms with Crippen molar-refractivity contribution in [3.8, 4) is 5.75 Å². The van der Waals surface area contributed by atoms with Crippen LogP contribution in [0.3, 0.4) is 0 Å². The Bertz CT molecular complexity index is 560. The van der Waals surface area contributed by atoms with E-state index in [1.165, 1.54) is 7.11 Å². The van der Waals surface area contributed by atoms with Crippen molar-refractivity contribution in [2.24, 2.45) is 0 Å². The summed E-state index contributed by atoms with van der Waals surface area (Å²) < 4.78 is 16.0. The highest BCUT2D eigenvalue weighted by Gasteiger charge is 2.27. The first kappa shape index (κ1) is 17.4. The standard InChI is InChI=1S/C17H26N2O4/c1-12(16(20)22-5)18-14-7-6-13(10-15(14)21-4)19-8-9-23-17(2,3)11-19/h6-7,10,12,18H,8-9,11H2,1-5H3. The molecule has 2 rings (SSSR count). The van der Waals surface area contributed by atoms with Gasteiger partial charge >= 0.3 is 5.97 Å². The number of nitrogens with zero attached hydrogens (tertiary/aromatic N) is 1. The van der Waals surface area contributed by atoms with Crippen molar-refractivity contribution >= 4 is 17.3 Å². The monoisotopic (exact) mass is 322 g/mol. The molecule has 0 amide bonds. The number of hydrogen-bond donors (Lipinski definition) is 1. The van der Waals surface area contributed by atoms with E-state index >= 15 is 0 Å². The Balaban J connectivity index is 2.17. The van der Waals surface area contributed by atoms with E-state index in [1.807, 2.05) is 18.2 Å². The Labute approximate surface area is 137 Å². The lowest BCUT2D eigenvalue weighted by Gasteiger charge is -2.39. The summed E-state index contributed by atoms with van der Waals surface area (Å²) in [6.45, 7) is 8.30. The van der Waals surface area contributed by atoms with Crippen molar-refractivity contribution in [2.45, 2.75) is 32.4 Å². The first-order valence-corrected chi connectivity index (χ1v) is 7.77. The molecule has 0 aliphatic carbocycles. The number of anilines is 2. The van der Waals surface area contributed by atoms with Crippen LogP contribution in [0.2, 0.25) is 0 Å². The first-order chi connectivity index (χ1) is 10.9. The van der Waals surface area contributed by atoms with Gasteiger partial charge in [0.25, 0.3) is 0 Å². The topological polar surface area (TPSA) is 60.0 Å². The molecule has 0 saturated carbocycles. The number of morpholine rings is 1. The van der Waals surface area contributed by atoms with Crippen molar-refractivity contribution in [2.75, 3.05) is 44.1 Å². The molecule has 0 spiro atoms. The third-order valence-electron chi connectivity index (χ3n) is 3.90. The second kappa shape index (κ2) is 7.08. The highest BCUT2D eigenvalue weighted by atomic mass is 16.5. The second-order valence-electron chi connectivity index (χ2n) is 6.30. The van der Waals surface area contributed by atoms with Crippen LogP contribution in [0.4, 0.5) is 11.4 Å². The number of carbonyl (C=O) groups excluding carboxylic acids is 1. The minimum absolute atomic E-state index is 0.165. The zero-order chi connectivity index (χ0) is 17.0. The van der Waals surface area contributed by atoms with Crippen LogP contribution in [0.25, 0.3) is 0 Å². The molecular formula is C17H26N2O4. The lowest BCUT2D eigenvalue weighted by atomic mass is 10.1. The van der Waals surface area contributed by atoms with E-state index in [4.69, 9.17) is 14.2 Å². The molecular weight excluding hydrogens is 296 g/mol. The van der Waals surface area contributed by atoms with Crippen LogP contribution >= 0.6 is 0 Å². The Hall–Kier alpha value is -1.95. The van der Waals surface area contributed by atoms with E-state index in [0.717, 1.165) is 24.5 Å². The summed E-state index contributed by atoms with van der Waals surface area (Å²) in [5.41, 5.74) is 1.68. The van der Waals surface area contributed by atoms with E-state index in [2.05, 4.69) is 24.1 Å². The molecule has 6 heteroatoms. The summed E-state index contributed by atoms with van der Waals surface area (Å²) in [6.07, 6.45) is 0. The molecule has 128 valence electrons. The molecule has 1 N–H and O–H groups in total. The fourth-order valence-corrected chi connectivity index (χ4v) is 2.70. The number of esters is 1. The summed E-state index contributed by atoms with van der Waals surface area (Å²) in [4.78, 5) is 13.8. The lowest BCUT2D eigenvalue weighted by molar-refractivity contribution is -0.141. The van der Waals surface area contributed by atoms with Crippen molar-refractivity contribution in [3.05, 3.63) is 18.2 Å². The van der Waals surface area contributed by atoms with Crippen molar-refractivity contribution in [1.82, 2.24) is 0 Å². The molecule has 0 aromatic heterocycles. The number of benzene rings is 1. The average Bonchev–Trinajstić information content (AvgIpc) is 2.53. The molecule has 1 atom stereocenters. The van der Waals surface area contributed by atoms with Crippen LogP contribution in [0.5, 0.6) is 5.75 Å². The zero-order valence-electron chi connectivity index (χ0n) is 14.5. The quantitative estimate of drug-likeness (QED) is 0.839. The molecule has 0 bridgehead atoms. The molecule has 1 aromatic rings. The first-order valence-electron chi connectivity index (χ1n) is 7.77. The summed E-state index contributed by atoms with van der Waals surface area (Å²) in [5.74, 6) is 0.383. The van der Waals surface area contributed by atoms with Gasteiger partial charge in [-0.15, -0.1) is 0 Å². The van der Waals surface area contributed by atoms with Gasteiger partial charge in [-0.05, 0) is 32.9 Å². The minimum atomic E-state index is -0.443. The molecule has 1 saturated heterocycles. The number of ether oxygens (including phenoxy) is 3. The molecule has 1 aliphatic heterocycles. The van der Waals surface area contributed by atoms with Gasteiger partial charge in [-0.25, -0.2) is 4.79 Å². The largest absolute Gasteiger partial charge is 0.495 e. The second-order valence-corrected chi connectivity index (χ2v) is 6.30. The predicted molar refractivity (Wildman–Crippen MR) is 90.3 cm³/mol. The minimum Gasteiger partial charge on any atom is -0.495 e. The molecule has 1 aliphatic rings. The Morgan fingerprint density at radius 1 is 1.39 bits per heavy atom. The Morgan fingerprint density at radius 3 is 2.74 bits per heavy atom. The lowest BCUT2D eigenvalue weighted by Crippen LogP contribution is -2.48. The van der Waals surface area contributed by atoms with Gasteiger partial charge in [0.2, 0.25) is 0 Å². The predicted octanol–water partition coefficient (Wildman–Crippen LogP) is 2.28. The third kappa shape index (κ3) is 4.28. The van der Waals surface area contributed by atoms with E-state index in [1.54, 1.807) is 14.0 Å². The fourth-order valence-electron chi connectivity index (χ4n) is 2.70.